The van der Waals surface area contributed by atoms with Gasteiger partial charge >= 0.3 is 5.63 Å². The van der Waals surface area contributed by atoms with E-state index in [4.69, 9.17) is 9.15 Å². The van der Waals surface area contributed by atoms with E-state index in [1.165, 1.54) is 18.6 Å². The standard InChI is InChI=1S/C22H23FO3/c1-3-4-5-6-16-12-20(25-2)19-14-17(22(24)26-21(19)13-16)11-15-7-9-18(23)10-8-15/h7-10,12-14H,3-6,11H2,1-2H3. The molecule has 2 aromatic carbocycles. The number of ether oxygens (including phenoxy) is 1. The third-order valence-corrected chi connectivity index (χ3v) is 4.54. The smallest absolute Gasteiger partial charge is 0.339 e. The molecule has 3 nitrogen and oxygen atoms in total. The molecule has 0 amide bonds. The molecule has 0 radical (unpaired) electrons. The van der Waals surface area contributed by atoms with Gasteiger partial charge in [-0.2, -0.15) is 0 Å². The molecule has 4 heteroatoms. The van der Waals surface area contributed by atoms with E-state index in [0.29, 0.717) is 23.3 Å². The average Bonchev–Trinajstić information content (AvgIpc) is 2.64. The minimum Gasteiger partial charge on any atom is -0.496 e. The Balaban J connectivity index is 1.97. The van der Waals surface area contributed by atoms with Gasteiger partial charge < -0.3 is 9.15 Å². The zero-order valence-corrected chi connectivity index (χ0v) is 15.2. The summed E-state index contributed by atoms with van der Waals surface area (Å²) in [6.07, 6.45) is 4.74. The van der Waals surface area contributed by atoms with E-state index in [0.717, 1.165) is 35.8 Å². The van der Waals surface area contributed by atoms with Gasteiger partial charge in [0.25, 0.3) is 0 Å². The van der Waals surface area contributed by atoms with Crippen LogP contribution in [0.4, 0.5) is 4.39 Å². The third kappa shape index (κ3) is 4.13. The van der Waals surface area contributed by atoms with Gasteiger partial charge in [0.15, 0.2) is 0 Å². The fourth-order valence-electron chi connectivity index (χ4n) is 3.12. The first kappa shape index (κ1) is 18.2. The highest BCUT2D eigenvalue weighted by Gasteiger charge is 2.12. The lowest BCUT2D eigenvalue weighted by atomic mass is 10.0. The number of unbranched alkanes of at least 4 members (excludes halogenated alkanes) is 2. The maximum absolute atomic E-state index is 13.1. The highest BCUT2D eigenvalue weighted by molar-refractivity contribution is 5.84. The summed E-state index contributed by atoms with van der Waals surface area (Å²) in [5.74, 6) is 0.412. The van der Waals surface area contributed by atoms with Gasteiger partial charge in [0.2, 0.25) is 0 Å². The van der Waals surface area contributed by atoms with E-state index in [9.17, 15) is 9.18 Å². The fourth-order valence-corrected chi connectivity index (χ4v) is 3.12. The number of fused-ring (bicyclic) bond motifs is 1. The van der Waals surface area contributed by atoms with Crippen LogP contribution in [0.25, 0.3) is 11.0 Å². The zero-order valence-electron chi connectivity index (χ0n) is 15.2. The maximum atomic E-state index is 13.1. The van der Waals surface area contributed by atoms with Crippen molar-refractivity contribution >= 4 is 11.0 Å². The Morgan fingerprint density at radius 3 is 2.50 bits per heavy atom. The third-order valence-electron chi connectivity index (χ3n) is 4.54. The molecule has 3 aromatic rings. The summed E-state index contributed by atoms with van der Waals surface area (Å²) in [4.78, 5) is 12.4. The van der Waals surface area contributed by atoms with Crippen LogP contribution in [0.2, 0.25) is 0 Å². The SMILES string of the molecule is CCCCCc1cc(OC)c2cc(Cc3ccc(F)cc3)c(=O)oc2c1. The summed E-state index contributed by atoms with van der Waals surface area (Å²) in [5, 5.41) is 0.781. The van der Waals surface area contributed by atoms with E-state index >= 15 is 0 Å². The lowest BCUT2D eigenvalue weighted by Gasteiger charge is -2.10. The highest BCUT2D eigenvalue weighted by Crippen LogP contribution is 2.28. The van der Waals surface area contributed by atoms with Gasteiger partial charge in [-0.25, -0.2) is 9.18 Å². The molecule has 0 aliphatic rings. The molecule has 0 atom stereocenters. The molecule has 0 aliphatic heterocycles. The summed E-state index contributed by atoms with van der Waals surface area (Å²) in [5.41, 5.74) is 2.67. The van der Waals surface area contributed by atoms with E-state index in [2.05, 4.69) is 6.92 Å². The number of halogens is 1. The van der Waals surface area contributed by atoms with Gasteiger partial charge in [0.05, 0.1) is 12.5 Å². The summed E-state index contributed by atoms with van der Waals surface area (Å²) in [7, 11) is 1.62. The minimum atomic E-state index is -0.366. The molecule has 1 aromatic heterocycles. The van der Waals surface area contributed by atoms with Crippen LogP contribution in [0.5, 0.6) is 5.75 Å². The van der Waals surface area contributed by atoms with Crippen molar-refractivity contribution in [2.24, 2.45) is 0 Å². The van der Waals surface area contributed by atoms with E-state index in [1.54, 1.807) is 19.2 Å². The molecule has 0 spiro atoms. The number of hydrogen-bond acceptors (Lipinski definition) is 3. The normalized spacial score (nSPS) is 11.0. The topological polar surface area (TPSA) is 39.4 Å². The van der Waals surface area contributed by atoms with Crippen molar-refractivity contribution in [1.29, 1.82) is 0 Å². The van der Waals surface area contributed by atoms with Crippen molar-refractivity contribution < 1.29 is 13.5 Å². The van der Waals surface area contributed by atoms with Crippen LogP contribution < -0.4 is 10.4 Å². The molecular weight excluding hydrogens is 331 g/mol. The Labute approximate surface area is 152 Å². The van der Waals surface area contributed by atoms with Crippen molar-refractivity contribution in [3.63, 3.8) is 0 Å². The molecule has 26 heavy (non-hydrogen) atoms. The van der Waals surface area contributed by atoms with Crippen LogP contribution in [-0.4, -0.2) is 7.11 Å². The second-order valence-corrected chi connectivity index (χ2v) is 6.53. The van der Waals surface area contributed by atoms with Gasteiger partial charge in [0.1, 0.15) is 17.1 Å². The van der Waals surface area contributed by atoms with Crippen LogP contribution in [-0.2, 0) is 12.8 Å². The molecule has 3 rings (SSSR count). The molecule has 136 valence electrons. The van der Waals surface area contributed by atoms with Crippen LogP contribution >= 0.6 is 0 Å². The second kappa shape index (κ2) is 8.17. The molecule has 0 fully saturated rings. The molecule has 0 aliphatic carbocycles. The van der Waals surface area contributed by atoms with Crippen LogP contribution in [0, 0.1) is 5.82 Å². The van der Waals surface area contributed by atoms with Gasteiger partial charge in [-0.15, -0.1) is 0 Å². The molecule has 0 saturated heterocycles. The van der Waals surface area contributed by atoms with Gasteiger partial charge in [-0.05, 0) is 54.3 Å². The van der Waals surface area contributed by atoms with E-state index in [-0.39, 0.29) is 11.4 Å². The Kier molecular flexibility index (Phi) is 5.71. The highest BCUT2D eigenvalue weighted by atomic mass is 19.1. The Hall–Kier alpha value is -2.62. The van der Waals surface area contributed by atoms with Crippen LogP contribution in [0.3, 0.4) is 0 Å². The van der Waals surface area contributed by atoms with Gasteiger partial charge in [-0.1, -0.05) is 31.9 Å². The van der Waals surface area contributed by atoms with Gasteiger partial charge in [0, 0.05) is 12.0 Å². The second-order valence-electron chi connectivity index (χ2n) is 6.53. The number of methoxy groups -OCH3 is 1. The maximum Gasteiger partial charge on any atom is 0.339 e. The molecule has 0 unspecified atom stereocenters. The van der Waals surface area contributed by atoms with Crippen molar-refractivity contribution in [2.75, 3.05) is 7.11 Å². The van der Waals surface area contributed by atoms with Crippen LogP contribution in [0.15, 0.2) is 51.7 Å². The van der Waals surface area contributed by atoms with Crippen molar-refractivity contribution in [2.45, 2.75) is 39.0 Å². The predicted octanol–water partition coefficient (Wildman–Crippen LogP) is 5.26. The zero-order chi connectivity index (χ0) is 18.5. The number of hydrogen-bond donors (Lipinski definition) is 0. The Morgan fingerprint density at radius 1 is 1.04 bits per heavy atom. The Morgan fingerprint density at radius 2 is 1.81 bits per heavy atom. The molecular formula is C22H23FO3. The summed E-state index contributed by atoms with van der Waals surface area (Å²) in [6.45, 7) is 2.17. The summed E-state index contributed by atoms with van der Waals surface area (Å²) >= 11 is 0. The number of aryl methyl sites for hydroxylation is 1. The molecule has 1 heterocycles. The predicted molar refractivity (Wildman–Crippen MR) is 101 cm³/mol. The molecule has 0 bridgehead atoms. The van der Waals surface area contributed by atoms with Gasteiger partial charge in [-0.3, -0.25) is 0 Å². The Bertz CT molecular complexity index is 942. The number of benzene rings is 2. The van der Waals surface area contributed by atoms with Crippen LogP contribution in [0.1, 0.15) is 42.9 Å². The lowest BCUT2D eigenvalue weighted by molar-refractivity contribution is 0.418. The largest absolute Gasteiger partial charge is 0.496 e. The summed E-state index contributed by atoms with van der Waals surface area (Å²) < 4.78 is 24.2. The van der Waals surface area contributed by atoms with Crippen molar-refractivity contribution in [1.82, 2.24) is 0 Å². The van der Waals surface area contributed by atoms with Crippen molar-refractivity contribution in [3.8, 4) is 5.75 Å². The average molecular weight is 354 g/mol. The van der Waals surface area contributed by atoms with E-state index in [1.807, 2.05) is 18.2 Å². The quantitative estimate of drug-likeness (QED) is 0.429. The monoisotopic (exact) mass is 354 g/mol. The summed E-state index contributed by atoms with van der Waals surface area (Å²) in [6, 6.07) is 11.9. The first-order valence-electron chi connectivity index (χ1n) is 8.98. The fraction of sp³-hybridized carbons (Fsp3) is 0.318. The van der Waals surface area contributed by atoms with Crippen molar-refractivity contribution in [3.05, 3.63) is 75.4 Å². The molecule has 0 N–H and O–H groups in total. The number of rotatable bonds is 7. The first-order chi connectivity index (χ1) is 12.6. The molecule has 0 saturated carbocycles. The minimum absolute atomic E-state index is 0.295. The van der Waals surface area contributed by atoms with E-state index < -0.39 is 0 Å². The lowest BCUT2D eigenvalue weighted by Crippen LogP contribution is -2.08. The first-order valence-corrected chi connectivity index (χ1v) is 8.98.